The van der Waals surface area contributed by atoms with Crippen LogP contribution in [0.4, 0.5) is 0 Å². The number of hydrogen-bond acceptors (Lipinski definition) is 4. The average molecular weight is 371 g/mol. The summed E-state index contributed by atoms with van der Waals surface area (Å²) in [4.78, 5) is 24.5. The molecule has 0 aliphatic carbocycles. The minimum atomic E-state index is -0.526. The van der Waals surface area contributed by atoms with E-state index in [0.29, 0.717) is 13.0 Å². The van der Waals surface area contributed by atoms with Crippen LogP contribution in [-0.2, 0) is 19.1 Å². The normalized spacial score (nSPS) is 15.3. The minimum Gasteiger partial charge on any atom is -0.465 e. The topological polar surface area (TPSA) is 52.6 Å². The molecule has 0 saturated heterocycles. The summed E-state index contributed by atoms with van der Waals surface area (Å²) < 4.78 is 10.9. The lowest BCUT2D eigenvalue weighted by Crippen LogP contribution is -2.44. The summed E-state index contributed by atoms with van der Waals surface area (Å²) in [5.41, 5.74) is -1.08. The van der Waals surface area contributed by atoms with E-state index in [1.54, 1.807) is 0 Å². The zero-order chi connectivity index (χ0) is 20.8. The first-order valence-electron chi connectivity index (χ1n) is 9.87. The number of carbonyl (C=O) groups is 2. The summed E-state index contributed by atoms with van der Waals surface area (Å²) in [6, 6.07) is 0. The number of carbonyl (C=O) groups excluding carboxylic acids is 2. The van der Waals surface area contributed by atoms with E-state index in [1.165, 1.54) is 0 Å². The van der Waals surface area contributed by atoms with Gasteiger partial charge in [-0.1, -0.05) is 41.5 Å². The summed E-state index contributed by atoms with van der Waals surface area (Å²) in [7, 11) is 0. The highest BCUT2D eigenvalue weighted by Crippen LogP contribution is 2.47. The van der Waals surface area contributed by atoms with Crippen LogP contribution >= 0.6 is 0 Å². The van der Waals surface area contributed by atoms with Crippen LogP contribution in [0.3, 0.4) is 0 Å². The smallest absolute Gasteiger partial charge is 0.312 e. The molecule has 4 heteroatoms. The Morgan fingerprint density at radius 1 is 0.769 bits per heavy atom. The molecule has 0 fully saturated rings. The van der Waals surface area contributed by atoms with E-state index in [1.807, 2.05) is 27.7 Å². The van der Waals surface area contributed by atoms with Gasteiger partial charge in [0.25, 0.3) is 0 Å². The largest absolute Gasteiger partial charge is 0.465 e. The van der Waals surface area contributed by atoms with Gasteiger partial charge in [0, 0.05) is 6.42 Å². The second-order valence-electron chi connectivity index (χ2n) is 10.9. The molecular weight excluding hydrogens is 328 g/mol. The van der Waals surface area contributed by atoms with Crippen molar-refractivity contribution in [3.05, 3.63) is 0 Å². The SMILES string of the molecule is CC(C)(C)CC(C)(C(=O)OCCCCCC(=O)OC(C)(C)C)C(C)(C)C. The zero-order valence-corrected chi connectivity index (χ0v) is 18.9. The Balaban J connectivity index is 4.36. The number of hydrogen-bond donors (Lipinski definition) is 0. The van der Waals surface area contributed by atoms with E-state index >= 15 is 0 Å². The Kier molecular flexibility index (Phi) is 8.86. The van der Waals surface area contributed by atoms with Gasteiger partial charge in [0.1, 0.15) is 5.60 Å². The first kappa shape index (κ1) is 24.9. The maximum absolute atomic E-state index is 12.8. The predicted molar refractivity (Wildman–Crippen MR) is 107 cm³/mol. The molecule has 0 aromatic rings. The second kappa shape index (κ2) is 9.23. The first-order chi connectivity index (χ1) is 11.5. The van der Waals surface area contributed by atoms with Crippen molar-refractivity contribution in [1.82, 2.24) is 0 Å². The van der Waals surface area contributed by atoms with E-state index in [4.69, 9.17) is 9.47 Å². The standard InChI is InChI=1S/C22H42O4/c1-19(2,3)16-22(10,20(4,5)6)18(24)25-15-13-11-12-14-17(23)26-21(7,8)9/h11-16H2,1-10H3. The van der Waals surface area contributed by atoms with Crippen molar-refractivity contribution in [3.8, 4) is 0 Å². The van der Waals surface area contributed by atoms with Crippen LogP contribution in [0.5, 0.6) is 0 Å². The molecule has 0 saturated carbocycles. The summed E-state index contributed by atoms with van der Waals surface area (Å²) in [6.45, 7) is 20.8. The van der Waals surface area contributed by atoms with Crippen molar-refractivity contribution in [1.29, 1.82) is 0 Å². The predicted octanol–water partition coefficient (Wildman–Crippen LogP) is 5.92. The van der Waals surface area contributed by atoms with Crippen molar-refractivity contribution in [2.75, 3.05) is 6.61 Å². The molecule has 0 amide bonds. The Morgan fingerprint density at radius 3 is 1.73 bits per heavy atom. The van der Waals surface area contributed by atoms with Gasteiger partial charge in [-0.25, -0.2) is 0 Å². The Labute approximate surface area is 161 Å². The summed E-state index contributed by atoms with van der Waals surface area (Å²) in [6.07, 6.45) is 3.56. The fourth-order valence-electron chi connectivity index (χ4n) is 2.97. The monoisotopic (exact) mass is 370 g/mol. The highest BCUT2D eigenvalue weighted by Gasteiger charge is 2.47. The number of rotatable bonds is 8. The molecule has 0 heterocycles. The van der Waals surface area contributed by atoms with E-state index in [9.17, 15) is 9.59 Å². The molecule has 0 aromatic carbocycles. The van der Waals surface area contributed by atoms with Crippen molar-refractivity contribution in [2.45, 2.75) is 107 Å². The molecule has 154 valence electrons. The molecule has 4 nitrogen and oxygen atoms in total. The van der Waals surface area contributed by atoms with Crippen LogP contribution in [0.15, 0.2) is 0 Å². The van der Waals surface area contributed by atoms with Crippen LogP contribution in [0.25, 0.3) is 0 Å². The molecule has 0 rings (SSSR count). The van der Waals surface area contributed by atoms with Crippen molar-refractivity contribution >= 4 is 11.9 Å². The van der Waals surface area contributed by atoms with Gasteiger partial charge in [0.05, 0.1) is 12.0 Å². The fraction of sp³-hybridized carbons (Fsp3) is 0.909. The Hall–Kier alpha value is -1.06. The first-order valence-corrected chi connectivity index (χ1v) is 9.87. The van der Waals surface area contributed by atoms with Crippen LogP contribution in [0.2, 0.25) is 0 Å². The average Bonchev–Trinajstić information content (AvgIpc) is 2.36. The Bertz CT molecular complexity index is 460. The zero-order valence-electron chi connectivity index (χ0n) is 18.9. The lowest BCUT2D eigenvalue weighted by Gasteiger charge is -2.43. The Morgan fingerprint density at radius 2 is 1.31 bits per heavy atom. The van der Waals surface area contributed by atoms with Gasteiger partial charge in [-0.2, -0.15) is 0 Å². The van der Waals surface area contributed by atoms with Gasteiger partial charge in [-0.05, 0) is 64.2 Å². The van der Waals surface area contributed by atoms with Gasteiger partial charge in [0.15, 0.2) is 0 Å². The van der Waals surface area contributed by atoms with E-state index < -0.39 is 11.0 Å². The molecule has 0 aliphatic heterocycles. The molecule has 1 atom stereocenters. The molecule has 0 N–H and O–H groups in total. The highest BCUT2D eigenvalue weighted by molar-refractivity contribution is 5.77. The van der Waals surface area contributed by atoms with E-state index in [-0.39, 0.29) is 22.8 Å². The van der Waals surface area contributed by atoms with Crippen LogP contribution in [0.1, 0.15) is 101 Å². The van der Waals surface area contributed by atoms with E-state index in [0.717, 1.165) is 25.7 Å². The molecule has 0 bridgehead atoms. The quantitative estimate of drug-likeness (QED) is 0.393. The lowest BCUT2D eigenvalue weighted by atomic mass is 9.61. The van der Waals surface area contributed by atoms with Crippen LogP contribution < -0.4 is 0 Å². The number of unbranched alkanes of at least 4 members (excludes halogenated alkanes) is 2. The van der Waals surface area contributed by atoms with E-state index in [2.05, 4.69) is 41.5 Å². The minimum absolute atomic E-state index is 0.0501. The molecule has 0 aliphatic rings. The third-order valence-corrected chi connectivity index (χ3v) is 4.67. The molecule has 0 spiro atoms. The summed E-state index contributed by atoms with van der Waals surface area (Å²) in [5.74, 6) is -0.285. The summed E-state index contributed by atoms with van der Waals surface area (Å²) >= 11 is 0. The molecule has 0 aromatic heterocycles. The van der Waals surface area contributed by atoms with Crippen molar-refractivity contribution in [3.63, 3.8) is 0 Å². The molecule has 1 unspecified atom stereocenters. The molecule has 0 radical (unpaired) electrons. The van der Waals surface area contributed by atoms with Crippen LogP contribution in [0, 0.1) is 16.2 Å². The van der Waals surface area contributed by atoms with Gasteiger partial charge in [0.2, 0.25) is 0 Å². The summed E-state index contributed by atoms with van der Waals surface area (Å²) in [5, 5.41) is 0. The maximum Gasteiger partial charge on any atom is 0.312 e. The third kappa shape index (κ3) is 9.59. The second-order valence-corrected chi connectivity index (χ2v) is 10.9. The highest BCUT2D eigenvalue weighted by atomic mass is 16.6. The van der Waals surface area contributed by atoms with Gasteiger partial charge in [-0.3, -0.25) is 9.59 Å². The van der Waals surface area contributed by atoms with Crippen LogP contribution in [-0.4, -0.2) is 24.1 Å². The fourth-order valence-corrected chi connectivity index (χ4v) is 2.97. The number of ether oxygens (including phenoxy) is 2. The molecule has 26 heavy (non-hydrogen) atoms. The van der Waals surface area contributed by atoms with Gasteiger partial charge >= 0.3 is 11.9 Å². The van der Waals surface area contributed by atoms with Crippen molar-refractivity contribution < 1.29 is 19.1 Å². The number of esters is 2. The van der Waals surface area contributed by atoms with Gasteiger partial charge < -0.3 is 9.47 Å². The van der Waals surface area contributed by atoms with Crippen molar-refractivity contribution in [2.24, 2.45) is 16.2 Å². The lowest BCUT2D eigenvalue weighted by molar-refractivity contribution is -0.165. The third-order valence-electron chi connectivity index (χ3n) is 4.67. The molecular formula is C22H42O4. The maximum atomic E-state index is 12.8. The van der Waals surface area contributed by atoms with Gasteiger partial charge in [-0.15, -0.1) is 0 Å².